The van der Waals surface area contributed by atoms with E-state index in [1.165, 1.54) is 0 Å². The fourth-order valence-electron chi connectivity index (χ4n) is 5.44. The van der Waals surface area contributed by atoms with E-state index in [1.54, 1.807) is 12.3 Å². The van der Waals surface area contributed by atoms with E-state index in [0.717, 1.165) is 65.9 Å². The molecule has 0 spiro atoms. The van der Waals surface area contributed by atoms with Gasteiger partial charge in [0, 0.05) is 48.2 Å². The van der Waals surface area contributed by atoms with Crippen molar-refractivity contribution in [3.05, 3.63) is 90.8 Å². The average Bonchev–Trinajstić information content (AvgIpc) is 3.38. The molecular formula is C34H42N4O2. The van der Waals surface area contributed by atoms with Crippen LogP contribution in [0, 0.1) is 0 Å². The van der Waals surface area contributed by atoms with E-state index in [9.17, 15) is 9.59 Å². The number of para-hydroxylation sites is 2. The summed E-state index contributed by atoms with van der Waals surface area (Å²) in [4.78, 5) is 38.3. The number of nitrogens with one attached hydrogen (secondary N) is 2. The lowest BCUT2D eigenvalue weighted by Gasteiger charge is -2.38. The highest BCUT2D eigenvalue weighted by Gasteiger charge is 2.42. The second kappa shape index (κ2) is 13.9. The summed E-state index contributed by atoms with van der Waals surface area (Å²) in [6, 6.07) is 17.6. The van der Waals surface area contributed by atoms with Crippen molar-refractivity contribution in [1.29, 1.82) is 0 Å². The van der Waals surface area contributed by atoms with Crippen LogP contribution in [0.1, 0.15) is 74.7 Å². The quantitative estimate of drug-likeness (QED) is 0.124. The maximum absolute atomic E-state index is 14.6. The number of unbranched alkanes of at least 4 members (excludes halogenated alkanes) is 4. The molecule has 2 aromatic carbocycles. The Hall–Kier alpha value is -3.93. The lowest BCUT2D eigenvalue weighted by Crippen LogP contribution is -2.61. The van der Waals surface area contributed by atoms with Gasteiger partial charge in [0.1, 0.15) is 5.54 Å². The number of benzene rings is 2. The summed E-state index contributed by atoms with van der Waals surface area (Å²) in [5.41, 5.74) is 2.06. The first-order valence-corrected chi connectivity index (χ1v) is 14.6. The van der Waals surface area contributed by atoms with Crippen LogP contribution in [-0.4, -0.2) is 45.3 Å². The molecular weight excluding hydrogens is 496 g/mol. The van der Waals surface area contributed by atoms with E-state index in [-0.39, 0.29) is 11.8 Å². The first kappa shape index (κ1) is 29.1. The number of hydrogen-bond acceptors (Lipinski definition) is 3. The second-order valence-corrected chi connectivity index (χ2v) is 10.7. The number of rotatable bonds is 15. The van der Waals surface area contributed by atoms with Crippen molar-refractivity contribution < 1.29 is 9.59 Å². The number of amides is 2. The standard InChI is InChI=1S/C34H42N4O2/c1-4-7-13-20-38(21-14-8-5-2)33(40)34(19-6-3,23-28-25-36-31-18-12-10-16-29(28)31)37-32(39)27-22-26-15-9-11-17-30(26)35-24-27/h6,9-12,15-18,22,24-25,36H,3-5,7-8,13-14,19-21,23H2,1-2H3,(H,37,39)/t34-/m0/s1. The van der Waals surface area contributed by atoms with Crippen molar-refractivity contribution in [2.45, 2.75) is 70.8 Å². The van der Waals surface area contributed by atoms with Gasteiger partial charge in [0.25, 0.3) is 5.91 Å². The maximum Gasteiger partial charge on any atom is 0.253 e. The number of nitrogens with zero attached hydrogens (tertiary/aromatic N) is 2. The molecule has 2 N–H and O–H groups in total. The van der Waals surface area contributed by atoms with Crippen LogP contribution in [-0.2, 0) is 11.2 Å². The molecule has 6 heteroatoms. The zero-order valence-electron chi connectivity index (χ0n) is 23.9. The Morgan fingerprint density at radius 3 is 2.42 bits per heavy atom. The van der Waals surface area contributed by atoms with Crippen LogP contribution in [0.2, 0.25) is 0 Å². The van der Waals surface area contributed by atoms with Crippen molar-refractivity contribution in [3.8, 4) is 0 Å². The smallest absolute Gasteiger partial charge is 0.253 e. The lowest BCUT2D eigenvalue weighted by molar-refractivity contribution is -0.138. The molecule has 1 atom stereocenters. The summed E-state index contributed by atoms with van der Waals surface area (Å²) in [5, 5.41) is 5.15. The molecule has 6 nitrogen and oxygen atoms in total. The lowest BCUT2D eigenvalue weighted by atomic mass is 9.85. The van der Waals surface area contributed by atoms with Gasteiger partial charge in [0.15, 0.2) is 0 Å². The Bertz CT molecular complexity index is 1430. The molecule has 2 aromatic heterocycles. The first-order valence-electron chi connectivity index (χ1n) is 14.6. The summed E-state index contributed by atoms with van der Waals surface area (Å²) in [6.45, 7) is 9.70. The molecule has 210 valence electrons. The highest BCUT2D eigenvalue weighted by molar-refractivity contribution is 6.01. The largest absolute Gasteiger partial charge is 0.361 e. The minimum absolute atomic E-state index is 0.0491. The Labute approximate surface area is 237 Å². The number of carbonyl (C=O) groups excluding carboxylic acids is 2. The van der Waals surface area contributed by atoms with E-state index in [1.807, 2.05) is 59.6 Å². The molecule has 0 aliphatic carbocycles. The molecule has 4 rings (SSSR count). The maximum atomic E-state index is 14.6. The molecule has 2 heterocycles. The highest BCUT2D eigenvalue weighted by atomic mass is 16.2. The van der Waals surface area contributed by atoms with Gasteiger partial charge in [-0.3, -0.25) is 14.6 Å². The average molecular weight is 539 g/mol. The molecule has 0 bridgehead atoms. The van der Waals surface area contributed by atoms with Crippen LogP contribution in [0.25, 0.3) is 21.8 Å². The number of pyridine rings is 1. The third-order valence-corrected chi connectivity index (χ3v) is 7.63. The van der Waals surface area contributed by atoms with Crippen LogP contribution in [0.5, 0.6) is 0 Å². The Kier molecular flexibility index (Phi) is 10.1. The summed E-state index contributed by atoms with van der Waals surface area (Å²) in [5.74, 6) is -0.359. The Balaban J connectivity index is 1.74. The van der Waals surface area contributed by atoms with E-state index in [4.69, 9.17) is 0 Å². The van der Waals surface area contributed by atoms with Crippen LogP contribution < -0.4 is 5.32 Å². The van der Waals surface area contributed by atoms with Gasteiger partial charge in [-0.05, 0) is 43.0 Å². The van der Waals surface area contributed by atoms with Crippen molar-refractivity contribution >= 4 is 33.6 Å². The van der Waals surface area contributed by atoms with Crippen LogP contribution >= 0.6 is 0 Å². The molecule has 4 aromatic rings. The topological polar surface area (TPSA) is 78.1 Å². The first-order chi connectivity index (χ1) is 19.5. The summed E-state index contributed by atoms with van der Waals surface area (Å²) in [7, 11) is 0. The van der Waals surface area contributed by atoms with Gasteiger partial charge in [-0.15, -0.1) is 6.58 Å². The SMILES string of the molecule is C=CC[C@@](Cc1c[nH]c2ccccc12)(NC(=O)c1cnc2ccccc2c1)C(=O)N(CCCCC)CCCCC. The summed E-state index contributed by atoms with van der Waals surface area (Å²) >= 11 is 0. The van der Waals surface area contributed by atoms with Crippen molar-refractivity contribution in [3.63, 3.8) is 0 Å². The fourth-order valence-corrected chi connectivity index (χ4v) is 5.44. The van der Waals surface area contributed by atoms with Gasteiger partial charge < -0.3 is 15.2 Å². The number of H-pyrrole nitrogens is 1. The van der Waals surface area contributed by atoms with E-state index >= 15 is 0 Å². The van der Waals surface area contributed by atoms with Crippen LogP contribution in [0.15, 0.2) is 79.6 Å². The predicted molar refractivity (Wildman–Crippen MR) is 164 cm³/mol. The molecule has 0 aliphatic heterocycles. The number of aromatic amines is 1. The van der Waals surface area contributed by atoms with Crippen LogP contribution in [0.4, 0.5) is 0 Å². The Morgan fingerprint density at radius 2 is 1.70 bits per heavy atom. The van der Waals surface area contributed by atoms with Gasteiger partial charge in [-0.2, -0.15) is 0 Å². The van der Waals surface area contributed by atoms with E-state index in [0.29, 0.717) is 31.5 Å². The number of fused-ring (bicyclic) bond motifs is 2. The molecule has 0 radical (unpaired) electrons. The molecule has 2 amide bonds. The summed E-state index contributed by atoms with van der Waals surface area (Å²) < 4.78 is 0. The third-order valence-electron chi connectivity index (χ3n) is 7.63. The Morgan fingerprint density at radius 1 is 1.00 bits per heavy atom. The van der Waals surface area contributed by atoms with Crippen molar-refractivity contribution in [1.82, 2.24) is 20.2 Å². The molecule has 0 saturated heterocycles. The third kappa shape index (κ3) is 6.79. The van der Waals surface area contributed by atoms with Crippen LogP contribution in [0.3, 0.4) is 0 Å². The summed E-state index contributed by atoms with van der Waals surface area (Å²) in [6.07, 6.45) is 12.1. The van der Waals surface area contributed by atoms with Crippen molar-refractivity contribution in [2.75, 3.05) is 13.1 Å². The van der Waals surface area contributed by atoms with Crippen molar-refractivity contribution in [2.24, 2.45) is 0 Å². The fraction of sp³-hybridized carbons (Fsp3) is 0.382. The zero-order valence-corrected chi connectivity index (χ0v) is 23.9. The molecule has 0 fully saturated rings. The molecule has 0 aliphatic rings. The minimum Gasteiger partial charge on any atom is -0.361 e. The second-order valence-electron chi connectivity index (χ2n) is 10.7. The number of hydrogen-bond donors (Lipinski definition) is 2. The normalized spacial score (nSPS) is 12.8. The van der Waals surface area contributed by atoms with Gasteiger partial charge in [0.05, 0.1) is 11.1 Å². The van der Waals surface area contributed by atoms with E-state index < -0.39 is 5.54 Å². The van der Waals surface area contributed by atoms with Gasteiger partial charge >= 0.3 is 0 Å². The number of carbonyl (C=O) groups is 2. The molecule has 0 saturated carbocycles. The van der Waals surface area contributed by atoms with Gasteiger partial charge in [-0.1, -0.05) is 82.0 Å². The monoisotopic (exact) mass is 538 g/mol. The number of aromatic nitrogens is 2. The zero-order chi connectivity index (χ0) is 28.4. The highest BCUT2D eigenvalue weighted by Crippen LogP contribution is 2.28. The van der Waals surface area contributed by atoms with E-state index in [2.05, 4.69) is 41.8 Å². The minimum atomic E-state index is -1.19. The molecule has 40 heavy (non-hydrogen) atoms. The van der Waals surface area contributed by atoms with Gasteiger partial charge in [0.2, 0.25) is 5.91 Å². The molecule has 0 unspecified atom stereocenters. The predicted octanol–water partition coefficient (Wildman–Crippen LogP) is 7.21. The van der Waals surface area contributed by atoms with Gasteiger partial charge in [-0.25, -0.2) is 0 Å².